The lowest BCUT2D eigenvalue weighted by Crippen LogP contribution is -2.55. The lowest BCUT2D eigenvalue weighted by Gasteiger charge is -2.38. The summed E-state index contributed by atoms with van der Waals surface area (Å²) >= 11 is 0. The van der Waals surface area contributed by atoms with Crippen LogP contribution in [0.5, 0.6) is 0 Å². The fourth-order valence-corrected chi connectivity index (χ4v) is 3.81. The minimum Gasteiger partial charge on any atom is -0.379 e. The molecule has 2 heterocycles. The van der Waals surface area contributed by atoms with Gasteiger partial charge >= 0.3 is 6.03 Å². The number of ether oxygens (including phenoxy) is 1. The van der Waals surface area contributed by atoms with Gasteiger partial charge in [0.15, 0.2) is 0 Å². The van der Waals surface area contributed by atoms with Crippen LogP contribution >= 0.6 is 0 Å². The van der Waals surface area contributed by atoms with Gasteiger partial charge in [-0.15, -0.1) is 0 Å². The fraction of sp³-hybridized carbons (Fsp3) is 0.650. The molecule has 2 amide bonds. The van der Waals surface area contributed by atoms with Crippen molar-refractivity contribution in [3.8, 4) is 0 Å². The first kappa shape index (κ1) is 19.0. The van der Waals surface area contributed by atoms with Crippen LogP contribution in [0.1, 0.15) is 13.8 Å². The Morgan fingerprint density at radius 1 is 1.04 bits per heavy atom. The van der Waals surface area contributed by atoms with Gasteiger partial charge in [0.05, 0.1) is 13.2 Å². The number of nitrogens with one attached hydrogen (secondary N) is 1. The molecule has 2 aliphatic rings. The molecule has 144 valence electrons. The van der Waals surface area contributed by atoms with Gasteiger partial charge in [0.1, 0.15) is 0 Å². The summed E-state index contributed by atoms with van der Waals surface area (Å²) in [5.41, 5.74) is 1.24. The number of para-hydroxylation sites is 1. The quantitative estimate of drug-likeness (QED) is 0.871. The summed E-state index contributed by atoms with van der Waals surface area (Å²) in [6.07, 6.45) is 0. The van der Waals surface area contributed by atoms with Crippen molar-refractivity contribution in [3.05, 3.63) is 30.3 Å². The molecule has 3 rings (SSSR count). The molecule has 0 spiro atoms. The molecule has 1 aromatic rings. The van der Waals surface area contributed by atoms with Crippen LogP contribution < -0.4 is 10.2 Å². The number of carbonyl (C=O) groups excluding carboxylic acids is 1. The monoisotopic (exact) mass is 360 g/mol. The van der Waals surface area contributed by atoms with Crippen molar-refractivity contribution in [1.82, 2.24) is 15.1 Å². The average Bonchev–Trinajstić information content (AvgIpc) is 2.69. The number of rotatable bonds is 5. The van der Waals surface area contributed by atoms with Crippen LogP contribution in [0.2, 0.25) is 0 Å². The molecule has 26 heavy (non-hydrogen) atoms. The summed E-state index contributed by atoms with van der Waals surface area (Å²) < 4.78 is 5.46. The zero-order chi connectivity index (χ0) is 18.4. The molecule has 0 radical (unpaired) electrons. The average molecular weight is 361 g/mol. The van der Waals surface area contributed by atoms with Crippen LogP contribution in [0.3, 0.4) is 0 Å². The number of hydrogen-bond donors (Lipinski definition) is 1. The Morgan fingerprint density at radius 3 is 2.31 bits per heavy atom. The number of amides is 2. The van der Waals surface area contributed by atoms with E-state index >= 15 is 0 Å². The lowest BCUT2D eigenvalue weighted by atomic mass is 10.0. The second-order valence-corrected chi connectivity index (χ2v) is 7.46. The van der Waals surface area contributed by atoms with Gasteiger partial charge in [-0.1, -0.05) is 32.0 Å². The van der Waals surface area contributed by atoms with Crippen molar-refractivity contribution in [2.75, 3.05) is 63.9 Å². The van der Waals surface area contributed by atoms with Crippen molar-refractivity contribution in [3.63, 3.8) is 0 Å². The first-order valence-electron chi connectivity index (χ1n) is 9.79. The summed E-state index contributed by atoms with van der Waals surface area (Å²) in [4.78, 5) is 19.3. The summed E-state index contributed by atoms with van der Waals surface area (Å²) in [6, 6.07) is 10.9. The first-order valence-corrected chi connectivity index (χ1v) is 9.79. The van der Waals surface area contributed by atoms with Gasteiger partial charge < -0.3 is 19.9 Å². The summed E-state index contributed by atoms with van der Waals surface area (Å²) in [5.74, 6) is 0.503. The van der Waals surface area contributed by atoms with E-state index in [0.29, 0.717) is 18.5 Å². The van der Waals surface area contributed by atoms with Gasteiger partial charge in [0.2, 0.25) is 0 Å². The number of benzene rings is 1. The van der Waals surface area contributed by atoms with Crippen LogP contribution in [0.25, 0.3) is 0 Å². The number of nitrogens with zero attached hydrogens (tertiary/aromatic N) is 3. The number of hydrogen-bond acceptors (Lipinski definition) is 4. The Balaban J connectivity index is 1.46. The number of anilines is 1. The van der Waals surface area contributed by atoms with Gasteiger partial charge in [-0.25, -0.2) is 4.79 Å². The highest BCUT2D eigenvalue weighted by molar-refractivity contribution is 5.74. The Morgan fingerprint density at radius 2 is 1.69 bits per heavy atom. The van der Waals surface area contributed by atoms with Crippen molar-refractivity contribution in [2.24, 2.45) is 5.92 Å². The van der Waals surface area contributed by atoms with E-state index in [1.807, 2.05) is 11.0 Å². The molecule has 2 saturated heterocycles. The Bertz CT molecular complexity index is 552. The first-order chi connectivity index (χ1) is 12.6. The third-order valence-corrected chi connectivity index (χ3v) is 5.43. The molecule has 0 bridgehead atoms. The number of piperazine rings is 1. The van der Waals surface area contributed by atoms with Gasteiger partial charge in [0.25, 0.3) is 0 Å². The van der Waals surface area contributed by atoms with Crippen LogP contribution in [0.4, 0.5) is 10.5 Å². The van der Waals surface area contributed by atoms with Gasteiger partial charge in [-0.05, 0) is 18.1 Å². The zero-order valence-electron chi connectivity index (χ0n) is 16.1. The topological polar surface area (TPSA) is 48.1 Å². The molecule has 1 aromatic carbocycles. The maximum atomic E-state index is 12.6. The van der Waals surface area contributed by atoms with Gasteiger partial charge in [0, 0.05) is 57.5 Å². The molecule has 6 heteroatoms. The Kier molecular flexibility index (Phi) is 6.74. The minimum atomic E-state index is 0.0663. The molecule has 0 unspecified atom stereocenters. The number of morpholine rings is 1. The second-order valence-electron chi connectivity index (χ2n) is 7.46. The third kappa shape index (κ3) is 4.89. The van der Waals surface area contributed by atoms with E-state index in [2.05, 4.69) is 53.2 Å². The Hall–Kier alpha value is -1.79. The van der Waals surface area contributed by atoms with Crippen LogP contribution in [-0.4, -0.2) is 80.9 Å². The fourth-order valence-electron chi connectivity index (χ4n) is 3.81. The van der Waals surface area contributed by atoms with Gasteiger partial charge in [-0.2, -0.15) is 0 Å². The highest BCUT2D eigenvalue weighted by Crippen LogP contribution is 2.16. The van der Waals surface area contributed by atoms with Crippen molar-refractivity contribution in [1.29, 1.82) is 0 Å². The van der Waals surface area contributed by atoms with Crippen LogP contribution in [0, 0.1) is 5.92 Å². The van der Waals surface area contributed by atoms with Crippen LogP contribution in [0.15, 0.2) is 30.3 Å². The maximum Gasteiger partial charge on any atom is 0.317 e. The molecule has 0 aliphatic carbocycles. The second kappa shape index (κ2) is 9.24. The van der Waals surface area contributed by atoms with E-state index < -0.39 is 0 Å². The normalized spacial score (nSPS) is 20.3. The predicted molar refractivity (Wildman–Crippen MR) is 105 cm³/mol. The molecule has 1 atom stereocenters. The van der Waals surface area contributed by atoms with E-state index in [-0.39, 0.29) is 6.03 Å². The largest absolute Gasteiger partial charge is 0.379 e. The summed E-state index contributed by atoms with van der Waals surface area (Å²) in [6.45, 7) is 11.9. The highest BCUT2D eigenvalue weighted by atomic mass is 16.5. The number of carbonyl (C=O) groups is 1. The molecule has 1 N–H and O–H groups in total. The van der Waals surface area contributed by atoms with Crippen molar-refractivity contribution in [2.45, 2.75) is 19.9 Å². The highest BCUT2D eigenvalue weighted by Gasteiger charge is 2.26. The van der Waals surface area contributed by atoms with Crippen LogP contribution in [-0.2, 0) is 4.74 Å². The van der Waals surface area contributed by atoms with E-state index in [1.54, 1.807) is 0 Å². The van der Waals surface area contributed by atoms with E-state index in [0.717, 1.165) is 52.5 Å². The van der Waals surface area contributed by atoms with E-state index in [1.165, 1.54) is 5.69 Å². The van der Waals surface area contributed by atoms with Crippen molar-refractivity contribution >= 4 is 11.7 Å². The number of urea groups is 1. The zero-order valence-corrected chi connectivity index (χ0v) is 16.1. The maximum absolute atomic E-state index is 12.6. The summed E-state index contributed by atoms with van der Waals surface area (Å²) in [7, 11) is 0. The SMILES string of the molecule is CC(C)[C@H](CNC(=O)N1CCN(c2ccccc2)CC1)N1CCOCC1. The molecule has 2 aliphatic heterocycles. The molecule has 6 nitrogen and oxygen atoms in total. The predicted octanol–water partition coefficient (Wildman–Crippen LogP) is 1.87. The minimum absolute atomic E-state index is 0.0663. The lowest BCUT2D eigenvalue weighted by molar-refractivity contribution is 0.00693. The standard InChI is InChI=1S/C20H32N4O2/c1-17(2)19(23-12-14-26-15-13-23)16-21-20(25)24-10-8-22(9-11-24)18-6-4-3-5-7-18/h3-7,17,19H,8-16H2,1-2H3,(H,21,25)/t19-/m0/s1. The third-order valence-electron chi connectivity index (χ3n) is 5.43. The molecular formula is C20H32N4O2. The van der Waals surface area contributed by atoms with Gasteiger partial charge in [-0.3, -0.25) is 4.90 Å². The molecule has 0 aromatic heterocycles. The van der Waals surface area contributed by atoms with Crippen molar-refractivity contribution < 1.29 is 9.53 Å². The molecular weight excluding hydrogens is 328 g/mol. The molecule has 0 saturated carbocycles. The Labute approximate surface area is 157 Å². The smallest absolute Gasteiger partial charge is 0.317 e. The molecule has 2 fully saturated rings. The van der Waals surface area contributed by atoms with E-state index in [9.17, 15) is 4.79 Å². The van der Waals surface area contributed by atoms with E-state index in [4.69, 9.17) is 4.74 Å². The summed E-state index contributed by atoms with van der Waals surface area (Å²) in [5, 5.41) is 3.17.